The van der Waals surface area contributed by atoms with Crippen molar-refractivity contribution in [3.05, 3.63) is 16.4 Å². The normalized spacial score (nSPS) is 9.40. The maximum atomic E-state index is 10.5. The van der Waals surface area contributed by atoms with Gasteiger partial charge in [0.15, 0.2) is 0 Å². The van der Waals surface area contributed by atoms with Crippen LogP contribution in [0.1, 0.15) is 13.8 Å². The zero-order valence-corrected chi connectivity index (χ0v) is 5.93. The molecule has 1 aromatic rings. The molecule has 0 unspecified atom stereocenters. The summed E-state index contributed by atoms with van der Waals surface area (Å²) in [7, 11) is 0. The van der Waals surface area contributed by atoms with E-state index >= 15 is 0 Å². The van der Waals surface area contributed by atoms with Crippen LogP contribution in [0.15, 0.2) is 15.9 Å². The van der Waals surface area contributed by atoms with Crippen LogP contribution >= 0.6 is 0 Å². The molecule has 54 valence electrons. The van der Waals surface area contributed by atoms with Gasteiger partial charge in [0.05, 0.1) is 0 Å². The van der Waals surface area contributed by atoms with Crippen LogP contribution in [0.3, 0.4) is 0 Å². The zero-order valence-electron chi connectivity index (χ0n) is 5.93. The van der Waals surface area contributed by atoms with Gasteiger partial charge >= 0.3 is 0 Å². The van der Waals surface area contributed by atoms with Crippen molar-refractivity contribution in [2.75, 3.05) is 0 Å². The fourth-order valence-electron chi connectivity index (χ4n) is 0.623. The molecule has 0 radical (unpaired) electrons. The highest BCUT2D eigenvalue weighted by Gasteiger charge is 1.90. The van der Waals surface area contributed by atoms with Gasteiger partial charge in [0.1, 0.15) is 5.82 Å². The molecule has 0 aliphatic carbocycles. The summed E-state index contributed by atoms with van der Waals surface area (Å²) in [5, 5.41) is 5.00. The summed E-state index contributed by atoms with van der Waals surface area (Å²) in [6.45, 7) is 3.73. The van der Waals surface area contributed by atoms with Gasteiger partial charge in [-0.05, 0) is 13.8 Å². The van der Waals surface area contributed by atoms with Crippen molar-refractivity contribution in [1.82, 2.24) is 10.2 Å². The summed E-state index contributed by atoms with van der Waals surface area (Å²) < 4.78 is 0. The minimum atomic E-state index is -0.153. The Morgan fingerprint density at radius 1 is 1.50 bits per heavy atom. The summed E-state index contributed by atoms with van der Waals surface area (Å²) in [6.07, 6.45) is 0. The van der Waals surface area contributed by atoms with E-state index < -0.39 is 0 Å². The molecular weight excluding hydrogens is 130 g/mol. The molecule has 0 bridgehead atoms. The Morgan fingerprint density at radius 3 is 2.60 bits per heavy atom. The van der Waals surface area contributed by atoms with Crippen LogP contribution in [0.2, 0.25) is 0 Å². The number of aromatic nitrogens is 2. The molecular formula is C6H9N3O. The van der Waals surface area contributed by atoms with E-state index in [0.29, 0.717) is 5.82 Å². The third-order valence-corrected chi connectivity index (χ3v) is 0.926. The fraction of sp³-hybridized carbons (Fsp3) is 0.333. The van der Waals surface area contributed by atoms with Gasteiger partial charge in [-0.2, -0.15) is 0 Å². The second-order valence-corrected chi connectivity index (χ2v) is 2.20. The van der Waals surface area contributed by atoms with Gasteiger partial charge in [0.25, 0.3) is 5.56 Å². The molecule has 10 heavy (non-hydrogen) atoms. The Balaban J connectivity index is 2.97. The lowest BCUT2D eigenvalue weighted by Gasteiger charge is -1.84. The van der Waals surface area contributed by atoms with E-state index in [0.717, 1.165) is 5.71 Å². The van der Waals surface area contributed by atoms with Crippen molar-refractivity contribution in [3.63, 3.8) is 0 Å². The van der Waals surface area contributed by atoms with Gasteiger partial charge in [0.2, 0.25) is 0 Å². The lowest BCUT2D eigenvalue weighted by Crippen LogP contribution is -1.93. The van der Waals surface area contributed by atoms with Gasteiger partial charge < -0.3 is 0 Å². The molecule has 0 saturated carbocycles. The third kappa shape index (κ3) is 1.58. The van der Waals surface area contributed by atoms with Gasteiger partial charge in [-0.3, -0.25) is 15.0 Å². The van der Waals surface area contributed by atoms with Crippen LogP contribution in [-0.2, 0) is 0 Å². The number of nitrogens with one attached hydrogen (secondary N) is 2. The average Bonchev–Trinajstić information content (AvgIpc) is 2.13. The average molecular weight is 139 g/mol. The minimum absolute atomic E-state index is 0.153. The van der Waals surface area contributed by atoms with Gasteiger partial charge in [0, 0.05) is 11.8 Å². The van der Waals surface area contributed by atoms with Crippen molar-refractivity contribution in [2.24, 2.45) is 4.99 Å². The first-order valence-electron chi connectivity index (χ1n) is 2.98. The topological polar surface area (TPSA) is 61.0 Å². The molecule has 0 fully saturated rings. The Bertz CT molecular complexity index is 290. The van der Waals surface area contributed by atoms with Crippen molar-refractivity contribution >= 4 is 11.5 Å². The highest BCUT2D eigenvalue weighted by Crippen LogP contribution is 2.00. The summed E-state index contributed by atoms with van der Waals surface area (Å²) in [5.41, 5.74) is 0.759. The lowest BCUT2D eigenvalue weighted by atomic mass is 10.5. The molecule has 0 amide bonds. The van der Waals surface area contributed by atoms with E-state index in [9.17, 15) is 4.79 Å². The van der Waals surface area contributed by atoms with Gasteiger partial charge in [-0.25, -0.2) is 4.99 Å². The van der Waals surface area contributed by atoms with Crippen molar-refractivity contribution in [2.45, 2.75) is 13.8 Å². The smallest absolute Gasteiger partial charge is 0.266 e. The van der Waals surface area contributed by atoms with Gasteiger partial charge in [-0.1, -0.05) is 0 Å². The molecule has 1 heterocycles. The molecule has 1 rings (SSSR count). The van der Waals surface area contributed by atoms with Crippen LogP contribution in [0.25, 0.3) is 0 Å². The SMILES string of the molecule is CC(C)=Nc1cc(=O)[nH][nH]1. The van der Waals surface area contributed by atoms with E-state index in [1.807, 2.05) is 13.8 Å². The lowest BCUT2D eigenvalue weighted by molar-refractivity contribution is 1.05. The van der Waals surface area contributed by atoms with Crippen molar-refractivity contribution < 1.29 is 0 Å². The fourth-order valence-corrected chi connectivity index (χ4v) is 0.623. The minimum Gasteiger partial charge on any atom is -0.281 e. The van der Waals surface area contributed by atoms with Crippen LogP contribution in [0.4, 0.5) is 5.82 Å². The predicted octanol–water partition coefficient (Wildman–Crippen LogP) is 0.815. The van der Waals surface area contributed by atoms with E-state index in [-0.39, 0.29) is 5.56 Å². The molecule has 2 N–H and O–H groups in total. The standard InChI is InChI=1S/C6H9N3O/c1-4(2)7-5-3-6(10)9-8-5/h3H,1-2H3,(H2,8,9,10). The summed E-state index contributed by atoms with van der Waals surface area (Å²) in [6, 6.07) is 1.41. The second kappa shape index (κ2) is 2.51. The number of aromatic amines is 2. The first kappa shape index (κ1) is 6.80. The maximum Gasteiger partial charge on any atom is 0.266 e. The second-order valence-electron chi connectivity index (χ2n) is 2.20. The highest BCUT2D eigenvalue weighted by molar-refractivity contribution is 5.81. The molecule has 0 spiro atoms. The van der Waals surface area contributed by atoms with Crippen LogP contribution in [-0.4, -0.2) is 15.9 Å². The van der Waals surface area contributed by atoms with Gasteiger partial charge in [-0.15, -0.1) is 0 Å². The van der Waals surface area contributed by atoms with Crippen LogP contribution in [0.5, 0.6) is 0 Å². The first-order chi connectivity index (χ1) is 4.68. The number of hydrogen-bond acceptors (Lipinski definition) is 2. The van der Waals surface area contributed by atoms with E-state index in [1.54, 1.807) is 0 Å². The number of nitrogens with zero attached hydrogens (tertiary/aromatic N) is 1. The Hall–Kier alpha value is -1.32. The molecule has 0 aliphatic rings. The Kier molecular flexibility index (Phi) is 1.71. The molecule has 0 aromatic carbocycles. The number of aliphatic imine (C=N–C) groups is 1. The van der Waals surface area contributed by atoms with Crippen LogP contribution in [0, 0.1) is 0 Å². The summed E-state index contributed by atoms with van der Waals surface area (Å²) >= 11 is 0. The predicted molar refractivity (Wildman–Crippen MR) is 39.9 cm³/mol. The summed E-state index contributed by atoms with van der Waals surface area (Å²) in [5.74, 6) is 0.574. The molecule has 4 nitrogen and oxygen atoms in total. The molecule has 0 saturated heterocycles. The summed E-state index contributed by atoms with van der Waals surface area (Å²) in [4.78, 5) is 14.5. The van der Waals surface area contributed by atoms with E-state index in [2.05, 4.69) is 15.2 Å². The van der Waals surface area contributed by atoms with E-state index in [4.69, 9.17) is 0 Å². The maximum absolute atomic E-state index is 10.5. The number of H-pyrrole nitrogens is 2. The molecule has 4 heteroatoms. The van der Waals surface area contributed by atoms with Crippen molar-refractivity contribution in [1.29, 1.82) is 0 Å². The van der Waals surface area contributed by atoms with E-state index in [1.165, 1.54) is 6.07 Å². The zero-order chi connectivity index (χ0) is 7.56. The number of rotatable bonds is 1. The quantitative estimate of drug-likeness (QED) is 0.556. The third-order valence-electron chi connectivity index (χ3n) is 0.926. The Morgan fingerprint density at radius 2 is 2.20 bits per heavy atom. The largest absolute Gasteiger partial charge is 0.281 e. The highest BCUT2D eigenvalue weighted by atomic mass is 16.1. The number of hydrogen-bond donors (Lipinski definition) is 2. The first-order valence-corrected chi connectivity index (χ1v) is 2.98. The Labute approximate surface area is 58.0 Å². The monoisotopic (exact) mass is 139 g/mol. The molecule has 1 aromatic heterocycles. The van der Waals surface area contributed by atoms with Crippen molar-refractivity contribution in [3.8, 4) is 0 Å². The molecule has 0 aliphatic heterocycles. The molecule has 0 atom stereocenters. The van der Waals surface area contributed by atoms with Crippen LogP contribution < -0.4 is 5.56 Å².